The number of carbonyl (C=O) groups is 1. The number of hydrogen-bond acceptors (Lipinski definition) is 2. The smallest absolute Gasteiger partial charge is 0.332 e. The van der Waals surface area contributed by atoms with Gasteiger partial charge in [-0.25, -0.2) is 4.79 Å². The van der Waals surface area contributed by atoms with Gasteiger partial charge in [0.05, 0.1) is 0 Å². The van der Waals surface area contributed by atoms with Gasteiger partial charge in [-0.15, -0.1) is 0 Å². The minimum absolute atomic E-state index is 0.310. The molecule has 0 heterocycles. The van der Waals surface area contributed by atoms with Crippen LogP contribution in [-0.4, -0.2) is 22.3 Å². The van der Waals surface area contributed by atoms with Gasteiger partial charge in [0.1, 0.15) is 0 Å². The lowest BCUT2D eigenvalue weighted by Gasteiger charge is -2.02. The first kappa shape index (κ1) is 22.2. The van der Waals surface area contributed by atoms with Gasteiger partial charge in [0.15, 0.2) is 6.10 Å². The van der Waals surface area contributed by atoms with Gasteiger partial charge in [0.25, 0.3) is 0 Å². The van der Waals surface area contributed by atoms with Crippen LogP contribution < -0.4 is 0 Å². The highest BCUT2D eigenvalue weighted by Gasteiger charge is 2.10. The fourth-order valence-corrected chi connectivity index (χ4v) is 2.72. The van der Waals surface area contributed by atoms with Crippen molar-refractivity contribution in [1.29, 1.82) is 0 Å². The van der Waals surface area contributed by atoms with Gasteiger partial charge in [0.2, 0.25) is 0 Å². The lowest BCUT2D eigenvalue weighted by atomic mass is 10.0. The van der Waals surface area contributed by atoms with E-state index in [1.165, 1.54) is 77.0 Å². The molecule has 0 aliphatic heterocycles. The molecule has 0 rings (SSSR count). The van der Waals surface area contributed by atoms with E-state index in [-0.39, 0.29) is 0 Å². The van der Waals surface area contributed by atoms with Crippen LogP contribution in [0.5, 0.6) is 0 Å². The van der Waals surface area contributed by atoms with Crippen LogP contribution in [0.25, 0.3) is 0 Å². The van der Waals surface area contributed by atoms with Crippen molar-refractivity contribution < 1.29 is 15.0 Å². The van der Waals surface area contributed by atoms with Gasteiger partial charge in [0, 0.05) is 0 Å². The Bertz CT molecular complexity index is 287. The predicted octanol–water partition coefficient (Wildman–Crippen LogP) is 5.86. The van der Waals surface area contributed by atoms with Crippen LogP contribution in [0.2, 0.25) is 0 Å². The van der Waals surface area contributed by atoms with E-state index in [0.717, 1.165) is 6.42 Å². The molecule has 0 fully saturated rings. The van der Waals surface area contributed by atoms with Crippen molar-refractivity contribution in [3.05, 3.63) is 12.2 Å². The number of unbranched alkanes of at least 4 members (excludes halogenated alkanes) is 12. The molecule has 0 unspecified atom stereocenters. The van der Waals surface area contributed by atoms with Crippen molar-refractivity contribution in [3.63, 3.8) is 0 Å². The number of hydrogen-bond donors (Lipinski definition) is 2. The fraction of sp³-hybridized carbons (Fsp3) is 0.850. The van der Waals surface area contributed by atoms with E-state index >= 15 is 0 Å². The highest BCUT2D eigenvalue weighted by atomic mass is 16.4. The highest BCUT2D eigenvalue weighted by Crippen LogP contribution is 2.12. The Balaban J connectivity index is 3.14. The average Bonchev–Trinajstić information content (AvgIpc) is 2.54. The summed E-state index contributed by atoms with van der Waals surface area (Å²) in [5, 5.41) is 17.6. The van der Waals surface area contributed by atoms with Crippen LogP contribution >= 0.6 is 0 Å². The second-order valence-electron chi connectivity index (χ2n) is 6.58. The van der Waals surface area contributed by atoms with E-state index in [0.29, 0.717) is 12.8 Å². The molecule has 0 aliphatic rings. The second-order valence-corrected chi connectivity index (χ2v) is 6.58. The third-order valence-electron chi connectivity index (χ3n) is 4.28. The van der Waals surface area contributed by atoms with E-state index in [4.69, 9.17) is 10.2 Å². The molecule has 1 atom stereocenters. The van der Waals surface area contributed by atoms with Gasteiger partial charge in [-0.2, -0.15) is 0 Å². The van der Waals surface area contributed by atoms with E-state index in [1.807, 2.05) is 6.08 Å². The van der Waals surface area contributed by atoms with Crippen LogP contribution in [0.4, 0.5) is 0 Å². The monoisotopic (exact) mass is 326 g/mol. The zero-order valence-corrected chi connectivity index (χ0v) is 15.1. The number of carboxylic acid groups (broad SMARTS) is 1. The maximum absolute atomic E-state index is 10.4. The van der Waals surface area contributed by atoms with E-state index in [2.05, 4.69) is 13.0 Å². The molecule has 3 nitrogen and oxygen atoms in total. The number of rotatable bonds is 17. The van der Waals surface area contributed by atoms with E-state index < -0.39 is 12.1 Å². The van der Waals surface area contributed by atoms with Crippen LogP contribution in [-0.2, 0) is 4.79 Å². The maximum atomic E-state index is 10.4. The second kappa shape index (κ2) is 17.5. The summed E-state index contributed by atoms with van der Waals surface area (Å²) in [5.41, 5.74) is 0. The molecule has 0 saturated heterocycles. The number of carboxylic acids is 1. The molecule has 0 amide bonds. The first-order valence-corrected chi connectivity index (χ1v) is 9.74. The van der Waals surface area contributed by atoms with Crippen molar-refractivity contribution in [2.45, 2.75) is 109 Å². The van der Waals surface area contributed by atoms with E-state index in [9.17, 15) is 4.79 Å². The molecule has 0 spiro atoms. The fourth-order valence-electron chi connectivity index (χ4n) is 2.72. The molecule has 0 aromatic carbocycles. The SMILES string of the molecule is CCCCCCCCCCCCCC/C=C\CC[C@@H](O)C(=O)O. The number of allylic oxidation sites excluding steroid dienone is 2. The predicted molar refractivity (Wildman–Crippen MR) is 97.7 cm³/mol. The van der Waals surface area contributed by atoms with Gasteiger partial charge >= 0.3 is 5.97 Å². The summed E-state index contributed by atoms with van der Waals surface area (Å²) < 4.78 is 0. The van der Waals surface area contributed by atoms with Crippen molar-refractivity contribution >= 4 is 5.97 Å². The molecular weight excluding hydrogens is 288 g/mol. The van der Waals surface area contributed by atoms with Crippen LogP contribution in [0.1, 0.15) is 103 Å². The molecule has 0 bridgehead atoms. The minimum Gasteiger partial charge on any atom is -0.479 e. The third kappa shape index (κ3) is 17.4. The molecule has 0 aromatic rings. The molecular formula is C20H38O3. The summed E-state index contributed by atoms with van der Waals surface area (Å²) in [4.78, 5) is 10.4. The summed E-state index contributed by atoms with van der Waals surface area (Å²) in [6.45, 7) is 2.26. The molecule has 23 heavy (non-hydrogen) atoms. The van der Waals surface area contributed by atoms with Crippen LogP contribution in [0.15, 0.2) is 12.2 Å². The first-order chi connectivity index (χ1) is 11.2. The Morgan fingerprint density at radius 1 is 0.783 bits per heavy atom. The summed E-state index contributed by atoms with van der Waals surface area (Å²) in [6, 6.07) is 0. The van der Waals surface area contributed by atoms with E-state index in [1.54, 1.807) is 0 Å². The highest BCUT2D eigenvalue weighted by molar-refractivity contribution is 5.71. The molecule has 136 valence electrons. The molecule has 0 saturated carbocycles. The third-order valence-corrected chi connectivity index (χ3v) is 4.28. The van der Waals surface area contributed by atoms with Gasteiger partial charge in [-0.1, -0.05) is 89.7 Å². The van der Waals surface area contributed by atoms with Gasteiger partial charge in [-0.05, 0) is 25.7 Å². The first-order valence-electron chi connectivity index (χ1n) is 9.74. The Labute approximate surface area is 143 Å². The van der Waals surface area contributed by atoms with Crippen molar-refractivity contribution in [3.8, 4) is 0 Å². The Kier molecular flexibility index (Phi) is 16.9. The quantitative estimate of drug-likeness (QED) is 0.260. The average molecular weight is 327 g/mol. The lowest BCUT2D eigenvalue weighted by Crippen LogP contribution is -2.18. The summed E-state index contributed by atoms with van der Waals surface area (Å²) in [5.74, 6) is -1.13. The molecule has 0 aliphatic carbocycles. The number of aliphatic carboxylic acids is 1. The van der Waals surface area contributed by atoms with Crippen molar-refractivity contribution in [1.82, 2.24) is 0 Å². The summed E-state index contributed by atoms with van der Waals surface area (Å²) >= 11 is 0. The number of aliphatic hydroxyl groups excluding tert-OH is 1. The zero-order chi connectivity index (χ0) is 17.2. The van der Waals surface area contributed by atoms with Crippen LogP contribution in [0, 0.1) is 0 Å². The minimum atomic E-state index is -1.22. The normalized spacial score (nSPS) is 12.8. The maximum Gasteiger partial charge on any atom is 0.332 e. The zero-order valence-electron chi connectivity index (χ0n) is 15.1. The number of aliphatic hydroxyl groups is 1. The topological polar surface area (TPSA) is 57.5 Å². The van der Waals surface area contributed by atoms with Crippen molar-refractivity contribution in [2.24, 2.45) is 0 Å². The summed E-state index contributed by atoms with van der Waals surface area (Å²) in [6.07, 6.45) is 21.3. The van der Waals surface area contributed by atoms with Gasteiger partial charge in [-0.3, -0.25) is 0 Å². The summed E-state index contributed by atoms with van der Waals surface area (Å²) in [7, 11) is 0. The van der Waals surface area contributed by atoms with Gasteiger partial charge < -0.3 is 10.2 Å². The molecule has 2 N–H and O–H groups in total. The van der Waals surface area contributed by atoms with Crippen LogP contribution in [0.3, 0.4) is 0 Å². The Morgan fingerprint density at radius 2 is 1.22 bits per heavy atom. The molecule has 0 aromatic heterocycles. The van der Waals surface area contributed by atoms with Crippen molar-refractivity contribution in [2.75, 3.05) is 0 Å². The standard InChI is InChI=1S/C20H38O3/c1-2-3-4-5-6-7-8-9-10-11-12-13-14-15-16-17-18-19(21)20(22)23/h15-16,19,21H,2-14,17-18H2,1H3,(H,22,23)/b16-15-/t19-/m1/s1. The lowest BCUT2D eigenvalue weighted by molar-refractivity contribution is -0.146. The Hall–Kier alpha value is -0.830. The Morgan fingerprint density at radius 3 is 1.70 bits per heavy atom. The largest absolute Gasteiger partial charge is 0.479 e. The molecule has 0 radical (unpaired) electrons. The molecule has 3 heteroatoms.